The molecule has 0 spiro atoms. The SMILES string of the molecule is C=CC1CC(=O)N(Cc2cccc3c2OC(F)(F)O3)C1. The summed E-state index contributed by atoms with van der Waals surface area (Å²) in [5, 5.41) is 0. The van der Waals surface area contributed by atoms with Gasteiger partial charge in [-0.25, -0.2) is 0 Å². The molecule has 0 N–H and O–H groups in total. The molecule has 4 nitrogen and oxygen atoms in total. The van der Waals surface area contributed by atoms with E-state index in [1.165, 1.54) is 6.07 Å². The molecular formula is C14H13F2NO3. The van der Waals surface area contributed by atoms with E-state index >= 15 is 0 Å². The highest BCUT2D eigenvalue weighted by molar-refractivity contribution is 5.79. The molecular weight excluding hydrogens is 268 g/mol. The summed E-state index contributed by atoms with van der Waals surface area (Å²) >= 11 is 0. The van der Waals surface area contributed by atoms with Gasteiger partial charge in [-0.3, -0.25) is 4.79 Å². The van der Waals surface area contributed by atoms with Crippen LogP contribution < -0.4 is 9.47 Å². The van der Waals surface area contributed by atoms with Crippen LogP contribution in [0.1, 0.15) is 12.0 Å². The Morgan fingerprint density at radius 2 is 2.25 bits per heavy atom. The molecule has 2 aliphatic rings. The van der Waals surface area contributed by atoms with Crippen LogP contribution in [0.2, 0.25) is 0 Å². The van der Waals surface area contributed by atoms with Crippen LogP contribution in [-0.4, -0.2) is 23.6 Å². The summed E-state index contributed by atoms with van der Waals surface area (Å²) in [4.78, 5) is 13.4. The summed E-state index contributed by atoms with van der Waals surface area (Å²) in [5.41, 5.74) is 0.512. The predicted octanol–water partition coefficient (Wildman–Crippen LogP) is 2.54. The van der Waals surface area contributed by atoms with Crippen molar-refractivity contribution in [2.45, 2.75) is 19.3 Å². The Labute approximate surface area is 114 Å². The number of halogens is 2. The van der Waals surface area contributed by atoms with Gasteiger partial charge in [-0.1, -0.05) is 18.2 Å². The third kappa shape index (κ3) is 2.21. The highest BCUT2D eigenvalue weighted by atomic mass is 19.3. The summed E-state index contributed by atoms with van der Waals surface area (Å²) in [6.45, 7) is 4.45. The van der Waals surface area contributed by atoms with Crippen LogP contribution in [-0.2, 0) is 11.3 Å². The van der Waals surface area contributed by atoms with Gasteiger partial charge in [0.25, 0.3) is 0 Å². The van der Waals surface area contributed by atoms with Gasteiger partial charge in [-0.2, -0.15) is 0 Å². The van der Waals surface area contributed by atoms with Gasteiger partial charge in [-0.15, -0.1) is 15.4 Å². The van der Waals surface area contributed by atoms with Gasteiger partial charge in [0.05, 0.1) is 0 Å². The molecule has 1 saturated heterocycles. The molecule has 2 aliphatic heterocycles. The van der Waals surface area contributed by atoms with E-state index < -0.39 is 6.29 Å². The minimum Gasteiger partial charge on any atom is -0.395 e. The van der Waals surface area contributed by atoms with E-state index in [0.29, 0.717) is 18.5 Å². The number of fused-ring (bicyclic) bond motifs is 1. The maximum absolute atomic E-state index is 13.1. The minimum absolute atomic E-state index is 0.000540. The molecule has 1 atom stereocenters. The zero-order valence-corrected chi connectivity index (χ0v) is 10.6. The molecule has 20 heavy (non-hydrogen) atoms. The van der Waals surface area contributed by atoms with Crippen LogP contribution in [0, 0.1) is 5.92 Å². The second-order valence-corrected chi connectivity index (χ2v) is 4.89. The second kappa shape index (κ2) is 4.47. The molecule has 1 aromatic carbocycles. The third-order valence-corrected chi connectivity index (χ3v) is 3.45. The van der Waals surface area contributed by atoms with Gasteiger partial charge in [0.1, 0.15) is 0 Å². The number of para-hydroxylation sites is 1. The van der Waals surface area contributed by atoms with Crippen LogP contribution >= 0.6 is 0 Å². The number of nitrogens with zero attached hydrogens (tertiary/aromatic N) is 1. The average Bonchev–Trinajstić information content (AvgIpc) is 2.89. The fourth-order valence-corrected chi connectivity index (χ4v) is 2.47. The Morgan fingerprint density at radius 3 is 2.95 bits per heavy atom. The molecule has 1 unspecified atom stereocenters. The molecule has 0 saturated carbocycles. The molecule has 0 radical (unpaired) electrons. The van der Waals surface area contributed by atoms with Crippen LogP contribution in [0.5, 0.6) is 11.5 Å². The first-order valence-corrected chi connectivity index (χ1v) is 6.26. The molecule has 1 aromatic rings. The summed E-state index contributed by atoms with van der Waals surface area (Å²) in [7, 11) is 0. The van der Waals surface area contributed by atoms with Gasteiger partial charge in [0.2, 0.25) is 5.91 Å². The quantitative estimate of drug-likeness (QED) is 0.799. The van der Waals surface area contributed by atoms with Crippen molar-refractivity contribution >= 4 is 5.91 Å². The highest BCUT2D eigenvalue weighted by Crippen LogP contribution is 2.43. The molecule has 2 heterocycles. The lowest BCUT2D eigenvalue weighted by Crippen LogP contribution is -2.27. The normalized spacial score (nSPS) is 23.2. The number of hydrogen-bond donors (Lipinski definition) is 0. The van der Waals surface area contributed by atoms with Crippen molar-refractivity contribution in [1.82, 2.24) is 4.90 Å². The standard InChI is InChI=1S/C14H13F2NO3/c1-2-9-6-12(18)17(7-9)8-10-4-3-5-11-13(10)20-14(15,16)19-11/h2-5,9H,1,6-8H2. The number of amides is 1. The van der Waals surface area contributed by atoms with Gasteiger partial charge in [0, 0.05) is 31.0 Å². The Balaban J connectivity index is 1.82. The summed E-state index contributed by atoms with van der Waals surface area (Å²) < 4.78 is 35.1. The van der Waals surface area contributed by atoms with E-state index in [4.69, 9.17) is 0 Å². The topological polar surface area (TPSA) is 38.8 Å². The summed E-state index contributed by atoms with van der Waals surface area (Å²) in [6, 6.07) is 4.67. The summed E-state index contributed by atoms with van der Waals surface area (Å²) in [5.74, 6) is 0.0998. The van der Waals surface area contributed by atoms with E-state index in [1.807, 2.05) is 0 Å². The maximum Gasteiger partial charge on any atom is 0.586 e. The molecule has 1 amide bonds. The van der Waals surface area contributed by atoms with Crippen LogP contribution in [0.15, 0.2) is 30.9 Å². The van der Waals surface area contributed by atoms with E-state index in [9.17, 15) is 13.6 Å². The largest absolute Gasteiger partial charge is 0.586 e. The molecule has 0 bridgehead atoms. The Hall–Kier alpha value is -2.11. The Bertz CT molecular complexity index is 574. The first-order chi connectivity index (χ1) is 9.48. The van der Waals surface area contributed by atoms with E-state index in [-0.39, 0.29) is 29.9 Å². The second-order valence-electron chi connectivity index (χ2n) is 4.89. The van der Waals surface area contributed by atoms with Gasteiger partial charge < -0.3 is 14.4 Å². The molecule has 3 rings (SSSR count). The number of alkyl halides is 2. The number of hydrogen-bond acceptors (Lipinski definition) is 3. The lowest BCUT2D eigenvalue weighted by Gasteiger charge is -2.17. The van der Waals surface area contributed by atoms with Crippen LogP contribution in [0.4, 0.5) is 8.78 Å². The van der Waals surface area contributed by atoms with Crippen molar-refractivity contribution in [2.24, 2.45) is 5.92 Å². The van der Waals surface area contributed by atoms with Gasteiger partial charge in [-0.05, 0) is 6.07 Å². The molecule has 6 heteroatoms. The van der Waals surface area contributed by atoms with Crippen molar-refractivity contribution in [2.75, 3.05) is 6.54 Å². The minimum atomic E-state index is -3.64. The average molecular weight is 281 g/mol. The Kier molecular flexibility index (Phi) is 2.88. The highest BCUT2D eigenvalue weighted by Gasteiger charge is 2.44. The number of carbonyl (C=O) groups is 1. The molecule has 1 fully saturated rings. The smallest absolute Gasteiger partial charge is 0.395 e. The lowest BCUT2D eigenvalue weighted by molar-refractivity contribution is -0.287. The van der Waals surface area contributed by atoms with Gasteiger partial charge in [0.15, 0.2) is 11.5 Å². The van der Waals surface area contributed by atoms with E-state index in [2.05, 4.69) is 16.1 Å². The third-order valence-electron chi connectivity index (χ3n) is 3.45. The summed E-state index contributed by atoms with van der Waals surface area (Å²) in [6.07, 6.45) is -1.50. The number of carbonyl (C=O) groups excluding carboxylic acids is 1. The van der Waals surface area contributed by atoms with Crippen LogP contribution in [0.3, 0.4) is 0 Å². The fourth-order valence-electron chi connectivity index (χ4n) is 2.47. The maximum atomic E-state index is 13.1. The van der Waals surface area contributed by atoms with Crippen molar-refractivity contribution in [3.63, 3.8) is 0 Å². The molecule has 106 valence electrons. The molecule has 0 aliphatic carbocycles. The van der Waals surface area contributed by atoms with E-state index in [1.54, 1.807) is 23.1 Å². The molecule has 0 aromatic heterocycles. The first-order valence-electron chi connectivity index (χ1n) is 6.26. The number of likely N-dealkylation sites (tertiary alicyclic amines) is 1. The first kappa shape index (κ1) is 12.9. The zero-order valence-electron chi connectivity index (χ0n) is 10.6. The van der Waals surface area contributed by atoms with Crippen molar-refractivity contribution in [3.8, 4) is 11.5 Å². The Morgan fingerprint density at radius 1 is 1.45 bits per heavy atom. The number of ether oxygens (including phenoxy) is 2. The van der Waals surface area contributed by atoms with E-state index in [0.717, 1.165) is 0 Å². The lowest BCUT2D eigenvalue weighted by atomic mass is 10.1. The van der Waals surface area contributed by atoms with Crippen molar-refractivity contribution in [1.29, 1.82) is 0 Å². The number of benzene rings is 1. The zero-order chi connectivity index (χ0) is 14.3. The predicted molar refractivity (Wildman–Crippen MR) is 66.4 cm³/mol. The number of rotatable bonds is 3. The van der Waals surface area contributed by atoms with Crippen molar-refractivity contribution in [3.05, 3.63) is 36.4 Å². The van der Waals surface area contributed by atoms with Crippen molar-refractivity contribution < 1.29 is 23.0 Å². The monoisotopic (exact) mass is 281 g/mol. The fraction of sp³-hybridized carbons (Fsp3) is 0.357. The van der Waals surface area contributed by atoms with Gasteiger partial charge >= 0.3 is 6.29 Å². The van der Waals surface area contributed by atoms with Crippen LogP contribution in [0.25, 0.3) is 0 Å².